The summed E-state index contributed by atoms with van der Waals surface area (Å²) in [7, 11) is 0. The predicted molar refractivity (Wildman–Crippen MR) is 163 cm³/mol. The highest BCUT2D eigenvalue weighted by molar-refractivity contribution is 5.68. The summed E-state index contributed by atoms with van der Waals surface area (Å²) in [6.45, 7) is 6.78. The molecule has 0 aromatic heterocycles. The van der Waals surface area contributed by atoms with Crippen molar-refractivity contribution in [1.29, 1.82) is 0 Å². The first kappa shape index (κ1) is 32.3. The topological polar surface area (TPSA) is 6.02 Å². The Morgan fingerprint density at radius 1 is 0.333 bits per heavy atom. The van der Waals surface area contributed by atoms with E-state index in [4.69, 9.17) is 0 Å². The van der Waals surface area contributed by atoms with Gasteiger partial charge in [-0.05, 0) is 12.8 Å². The van der Waals surface area contributed by atoms with Crippen molar-refractivity contribution in [3.05, 3.63) is 48.9 Å². The summed E-state index contributed by atoms with van der Waals surface area (Å²) < 4.78 is 4.64. The molecule has 0 radical (unpaired) electrons. The van der Waals surface area contributed by atoms with Gasteiger partial charge in [0.25, 0.3) is 0 Å². The van der Waals surface area contributed by atoms with Gasteiger partial charge in [-0.3, -0.25) is 0 Å². The maximum atomic E-state index is 2.32. The molecular formula is C34H60N2+2. The van der Waals surface area contributed by atoms with Crippen LogP contribution in [-0.2, 0) is 0 Å². The van der Waals surface area contributed by atoms with Gasteiger partial charge in [-0.25, -0.2) is 9.15 Å². The zero-order chi connectivity index (χ0) is 25.8. The molecule has 0 bridgehead atoms. The first-order chi connectivity index (χ1) is 17.9. The Morgan fingerprint density at radius 3 is 0.972 bits per heavy atom. The molecular weight excluding hydrogens is 436 g/mol. The fraction of sp³-hybridized carbons (Fsp3) is 0.706. The predicted octanol–water partition coefficient (Wildman–Crippen LogP) is 10.1. The van der Waals surface area contributed by atoms with Gasteiger partial charge < -0.3 is 0 Å². The molecule has 1 heterocycles. The fourth-order valence-electron chi connectivity index (χ4n) is 4.73. The second kappa shape index (κ2) is 26.4. The highest BCUT2D eigenvalue weighted by Crippen LogP contribution is 2.11. The zero-order valence-electron chi connectivity index (χ0n) is 24.2. The monoisotopic (exact) mass is 496 g/mol. The van der Waals surface area contributed by atoms with Crippen LogP contribution in [0.4, 0.5) is 0 Å². The van der Waals surface area contributed by atoms with E-state index in [1.807, 2.05) is 0 Å². The quantitative estimate of drug-likeness (QED) is 0.104. The molecule has 0 unspecified atom stereocenters. The van der Waals surface area contributed by atoms with Crippen LogP contribution >= 0.6 is 0 Å². The van der Waals surface area contributed by atoms with Gasteiger partial charge in [-0.1, -0.05) is 129 Å². The Kier molecular flexibility index (Phi) is 23.7. The molecule has 204 valence electrons. The number of allylic oxidation sites excluding steroid dienone is 6. The van der Waals surface area contributed by atoms with Crippen molar-refractivity contribution < 1.29 is 9.15 Å². The van der Waals surface area contributed by atoms with E-state index in [0.29, 0.717) is 0 Å². The zero-order valence-corrected chi connectivity index (χ0v) is 24.2. The van der Waals surface area contributed by atoms with E-state index >= 15 is 0 Å². The SMILES string of the molecule is CCCCCCCCCCCC[N+]1=C/C=C\C=C\[N+](CCCCCCCCCCCC)=C/C=C/C=C\1. The fourth-order valence-corrected chi connectivity index (χ4v) is 4.73. The maximum Gasteiger partial charge on any atom is 0.168 e. The first-order valence-electron chi connectivity index (χ1n) is 15.7. The van der Waals surface area contributed by atoms with Gasteiger partial charge in [0.15, 0.2) is 24.8 Å². The average molecular weight is 497 g/mol. The number of hydrogen-bond donors (Lipinski definition) is 0. The maximum absolute atomic E-state index is 2.32. The van der Waals surface area contributed by atoms with E-state index in [2.05, 4.69) is 84.3 Å². The third kappa shape index (κ3) is 21.6. The van der Waals surface area contributed by atoms with E-state index in [1.54, 1.807) is 0 Å². The van der Waals surface area contributed by atoms with Crippen molar-refractivity contribution in [2.45, 2.75) is 142 Å². The van der Waals surface area contributed by atoms with Gasteiger partial charge in [-0.2, -0.15) is 0 Å². The van der Waals surface area contributed by atoms with Crippen LogP contribution in [0.1, 0.15) is 142 Å². The molecule has 0 saturated carbocycles. The average Bonchev–Trinajstić information content (AvgIpc) is 2.88. The molecule has 1 rings (SSSR count). The molecule has 0 aromatic carbocycles. The lowest BCUT2D eigenvalue weighted by Crippen LogP contribution is -2.08. The van der Waals surface area contributed by atoms with Gasteiger partial charge in [0.05, 0.1) is 0 Å². The van der Waals surface area contributed by atoms with E-state index < -0.39 is 0 Å². The minimum absolute atomic E-state index is 1.10. The molecule has 2 nitrogen and oxygen atoms in total. The van der Waals surface area contributed by atoms with Crippen molar-refractivity contribution in [3.63, 3.8) is 0 Å². The second-order valence-electron chi connectivity index (χ2n) is 10.6. The lowest BCUT2D eigenvalue weighted by molar-refractivity contribution is -0.452. The van der Waals surface area contributed by atoms with Crippen molar-refractivity contribution in [2.75, 3.05) is 13.1 Å². The summed E-state index contributed by atoms with van der Waals surface area (Å²) in [6, 6.07) is 0. The van der Waals surface area contributed by atoms with Crippen molar-refractivity contribution in [3.8, 4) is 0 Å². The molecule has 0 amide bonds. The molecule has 1 aliphatic rings. The number of hydrogen-bond acceptors (Lipinski definition) is 0. The summed E-state index contributed by atoms with van der Waals surface area (Å²) in [5.41, 5.74) is 0. The van der Waals surface area contributed by atoms with Gasteiger partial charge >= 0.3 is 0 Å². The Bertz CT molecular complexity index is 605. The standard InChI is InChI=1S/C34H60N2/c1-3-5-7-9-11-13-15-17-19-23-29-35-31-25-21-27-33-36(34-28-22-26-32-35)30-24-20-18-16-14-12-10-8-6-4-2/h21-22,25-28,31-34H,3-20,23-24,29-30H2,1-2H3/q+2/b25-21-,26-22?,27-21?,28-22+,31-25?,32-26-,33-27+,34-28?,35-31-,35-32?,36-33?,36-34-. The molecule has 0 atom stereocenters. The molecule has 0 spiro atoms. The summed E-state index contributed by atoms with van der Waals surface area (Å²) >= 11 is 0. The highest BCUT2D eigenvalue weighted by Gasteiger charge is 2.01. The van der Waals surface area contributed by atoms with Crippen LogP contribution in [-0.4, -0.2) is 34.7 Å². The Labute approximate surface area is 225 Å². The van der Waals surface area contributed by atoms with Crippen molar-refractivity contribution in [1.82, 2.24) is 0 Å². The minimum Gasteiger partial charge on any atom is -0.205 e. The third-order valence-corrected chi connectivity index (χ3v) is 7.09. The molecule has 1 aliphatic heterocycles. The van der Waals surface area contributed by atoms with Crippen LogP contribution in [0.25, 0.3) is 0 Å². The van der Waals surface area contributed by atoms with Gasteiger partial charge in [0, 0.05) is 37.1 Å². The van der Waals surface area contributed by atoms with E-state index in [-0.39, 0.29) is 0 Å². The molecule has 0 saturated heterocycles. The van der Waals surface area contributed by atoms with Crippen molar-refractivity contribution >= 4 is 12.4 Å². The number of rotatable bonds is 22. The smallest absolute Gasteiger partial charge is 0.168 e. The van der Waals surface area contributed by atoms with E-state index in [0.717, 1.165) is 13.1 Å². The lowest BCUT2D eigenvalue weighted by atomic mass is 10.1. The Hall–Kier alpha value is -1.70. The first-order valence-corrected chi connectivity index (χ1v) is 15.7. The molecule has 2 heteroatoms. The molecule has 0 N–H and O–H groups in total. The summed E-state index contributed by atoms with van der Waals surface area (Å²) in [4.78, 5) is 0. The summed E-state index contributed by atoms with van der Waals surface area (Å²) in [5.74, 6) is 0. The van der Waals surface area contributed by atoms with Crippen LogP contribution in [0.3, 0.4) is 0 Å². The molecule has 0 fully saturated rings. The number of nitrogens with zero attached hydrogens (tertiary/aromatic N) is 2. The van der Waals surface area contributed by atoms with Gasteiger partial charge in [0.1, 0.15) is 13.1 Å². The van der Waals surface area contributed by atoms with Crippen LogP contribution in [0.5, 0.6) is 0 Å². The van der Waals surface area contributed by atoms with Crippen molar-refractivity contribution in [2.24, 2.45) is 0 Å². The minimum atomic E-state index is 1.10. The van der Waals surface area contributed by atoms with Crippen LogP contribution in [0, 0.1) is 0 Å². The normalized spacial score (nSPS) is 20.4. The van der Waals surface area contributed by atoms with E-state index in [9.17, 15) is 0 Å². The Morgan fingerprint density at radius 2 is 0.639 bits per heavy atom. The summed E-state index contributed by atoms with van der Waals surface area (Å²) in [6.07, 6.45) is 49.6. The van der Waals surface area contributed by atoms with Crippen LogP contribution < -0.4 is 0 Å². The molecule has 0 aliphatic carbocycles. The summed E-state index contributed by atoms with van der Waals surface area (Å²) in [5, 5.41) is 0. The Balaban J connectivity index is 2.21. The lowest BCUT2D eigenvalue weighted by Gasteiger charge is -2.02. The highest BCUT2D eigenvalue weighted by atomic mass is 15.0. The molecule has 36 heavy (non-hydrogen) atoms. The van der Waals surface area contributed by atoms with Crippen LogP contribution in [0.2, 0.25) is 0 Å². The van der Waals surface area contributed by atoms with Gasteiger partial charge in [-0.15, -0.1) is 0 Å². The largest absolute Gasteiger partial charge is 0.205 e. The number of unbranched alkanes of at least 4 members (excludes halogenated alkanes) is 18. The van der Waals surface area contributed by atoms with E-state index in [1.165, 1.54) is 128 Å². The van der Waals surface area contributed by atoms with Gasteiger partial charge in [0.2, 0.25) is 0 Å². The second-order valence-corrected chi connectivity index (χ2v) is 10.6. The van der Waals surface area contributed by atoms with Crippen LogP contribution in [0.15, 0.2) is 48.9 Å². The molecule has 0 aromatic rings. The third-order valence-electron chi connectivity index (χ3n) is 7.09.